The average Bonchev–Trinajstić information content (AvgIpc) is 2.73. The van der Waals surface area contributed by atoms with Crippen molar-refractivity contribution in [2.75, 3.05) is 51.3 Å². The molecular formula is C13H20N4O3. The maximum atomic E-state index is 11.5. The second-order valence-corrected chi connectivity index (χ2v) is 4.66. The molecule has 0 amide bonds. The summed E-state index contributed by atoms with van der Waals surface area (Å²) in [6, 6.07) is 0. The summed E-state index contributed by atoms with van der Waals surface area (Å²) < 4.78 is 4.66. The number of esters is 1. The van der Waals surface area contributed by atoms with Gasteiger partial charge in [0, 0.05) is 26.2 Å². The van der Waals surface area contributed by atoms with Crippen LogP contribution >= 0.6 is 0 Å². The number of rotatable bonds is 4. The average molecular weight is 280 g/mol. The lowest BCUT2D eigenvalue weighted by atomic mass is 10.3. The summed E-state index contributed by atoms with van der Waals surface area (Å²) in [5.41, 5.74) is 0.224. The smallest absolute Gasteiger partial charge is 0.358 e. The van der Waals surface area contributed by atoms with Crippen LogP contribution < -0.4 is 4.90 Å². The van der Waals surface area contributed by atoms with Crippen LogP contribution in [-0.4, -0.2) is 72.4 Å². The molecule has 20 heavy (non-hydrogen) atoms. The Bertz CT molecular complexity index is 455. The minimum absolute atomic E-state index is 0.178. The van der Waals surface area contributed by atoms with Gasteiger partial charge >= 0.3 is 5.97 Å². The van der Waals surface area contributed by atoms with E-state index in [2.05, 4.69) is 24.5 Å². The Morgan fingerprint density at radius 3 is 2.95 bits per heavy atom. The molecule has 0 radical (unpaired) electrons. The van der Waals surface area contributed by atoms with Gasteiger partial charge in [-0.15, -0.1) is 0 Å². The molecule has 0 unspecified atom stereocenters. The third-order valence-corrected chi connectivity index (χ3v) is 3.35. The second kappa shape index (κ2) is 7.16. The highest BCUT2D eigenvalue weighted by atomic mass is 16.5. The minimum atomic E-state index is -0.476. The van der Waals surface area contributed by atoms with Crippen LogP contribution in [0.15, 0.2) is 12.4 Å². The van der Waals surface area contributed by atoms with Crippen molar-refractivity contribution >= 4 is 11.8 Å². The summed E-state index contributed by atoms with van der Waals surface area (Å²) in [5, 5.41) is 8.99. The fourth-order valence-corrected chi connectivity index (χ4v) is 2.28. The molecule has 2 heterocycles. The fraction of sp³-hybridized carbons (Fsp3) is 0.615. The van der Waals surface area contributed by atoms with E-state index in [-0.39, 0.29) is 12.3 Å². The zero-order valence-corrected chi connectivity index (χ0v) is 11.7. The fourth-order valence-electron chi connectivity index (χ4n) is 2.28. The first-order chi connectivity index (χ1) is 9.74. The number of carbonyl (C=O) groups excluding carboxylic acids is 1. The molecule has 0 spiro atoms. The molecule has 0 aliphatic carbocycles. The van der Waals surface area contributed by atoms with E-state index in [9.17, 15) is 4.79 Å². The highest BCUT2D eigenvalue weighted by Crippen LogP contribution is 2.13. The molecule has 1 aromatic heterocycles. The Kier molecular flexibility index (Phi) is 5.25. The number of β-amino-alcohol motifs (C(OH)–C–C–N with tert-alkyl or cyclic N) is 1. The van der Waals surface area contributed by atoms with E-state index in [1.54, 1.807) is 6.20 Å². The van der Waals surface area contributed by atoms with Crippen molar-refractivity contribution in [3.63, 3.8) is 0 Å². The summed E-state index contributed by atoms with van der Waals surface area (Å²) >= 11 is 0. The van der Waals surface area contributed by atoms with Gasteiger partial charge in [0.1, 0.15) is 5.82 Å². The first-order valence-electron chi connectivity index (χ1n) is 6.73. The second-order valence-electron chi connectivity index (χ2n) is 4.66. The Morgan fingerprint density at radius 2 is 2.20 bits per heavy atom. The topological polar surface area (TPSA) is 78.8 Å². The molecular weight excluding hydrogens is 260 g/mol. The third kappa shape index (κ3) is 3.64. The van der Waals surface area contributed by atoms with E-state index in [0.717, 1.165) is 32.6 Å². The molecule has 1 aromatic rings. The van der Waals surface area contributed by atoms with Crippen molar-refractivity contribution in [1.29, 1.82) is 0 Å². The molecule has 1 aliphatic heterocycles. The number of hydrogen-bond donors (Lipinski definition) is 1. The van der Waals surface area contributed by atoms with Crippen LogP contribution in [0.5, 0.6) is 0 Å². The molecule has 110 valence electrons. The van der Waals surface area contributed by atoms with E-state index < -0.39 is 5.97 Å². The lowest BCUT2D eigenvalue weighted by molar-refractivity contribution is 0.0593. The maximum absolute atomic E-state index is 11.5. The van der Waals surface area contributed by atoms with E-state index in [1.165, 1.54) is 13.3 Å². The zero-order chi connectivity index (χ0) is 14.4. The van der Waals surface area contributed by atoms with E-state index in [0.29, 0.717) is 12.4 Å². The lowest BCUT2D eigenvalue weighted by Crippen LogP contribution is -2.33. The Hall–Kier alpha value is -1.73. The van der Waals surface area contributed by atoms with Crippen LogP contribution in [-0.2, 0) is 4.74 Å². The number of hydrogen-bond acceptors (Lipinski definition) is 7. The number of methoxy groups -OCH3 is 1. The van der Waals surface area contributed by atoms with Gasteiger partial charge in [-0.1, -0.05) is 0 Å². The van der Waals surface area contributed by atoms with Gasteiger partial charge in [0.05, 0.1) is 26.1 Å². The molecule has 1 N–H and O–H groups in total. The standard InChI is InChI=1S/C13H20N4O3/c1-20-13(19)11-9-14-10-12(15-11)17-4-2-3-16(5-6-17)7-8-18/h9-10,18H,2-8H2,1H3. The minimum Gasteiger partial charge on any atom is -0.464 e. The van der Waals surface area contributed by atoms with Gasteiger partial charge in [-0.25, -0.2) is 9.78 Å². The van der Waals surface area contributed by atoms with Crippen LogP contribution in [0.2, 0.25) is 0 Å². The van der Waals surface area contributed by atoms with Gasteiger partial charge in [-0.3, -0.25) is 9.88 Å². The van der Waals surface area contributed by atoms with Crippen LogP contribution in [0.1, 0.15) is 16.9 Å². The summed E-state index contributed by atoms with van der Waals surface area (Å²) in [4.78, 5) is 24.2. The molecule has 0 atom stereocenters. The Balaban J connectivity index is 2.05. The van der Waals surface area contributed by atoms with Gasteiger partial charge < -0.3 is 14.7 Å². The largest absolute Gasteiger partial charge is 0.464 e. The van der Waals surface area contributed by atoms with E-state index in [1.807, 2.05) is 0 Å². The normalized spacial score (nSPS) is 16.8. The van der Waals surface area contributed by atoms with Crippen LogP contribution in [0.3, 0.4) is 0 Å². The molecule has 0 saturated carbocycles. The number of aliphatic hydroxyl groups excluding tert-OH is 1. The van der Waals surface area contributed by atoms with Gasteiger partial charge in [-0.05, 0) is 13.0 Å². The number of carbonyl (C=O) groups is 1. The van der Waals surface area contributed by atoms with E-state index >= 15 is 0 Å². The number of ether oxygens (including phenoxy) is 1. The van der Waals surface area contributed by atoms with E-state index in [4.69, 9.17) is 5.11 Å². The number of aromatic nitrogens is 2. The van der Waals surface area contributed by atoms with Gasteiger partial charge in [0.2, 0.25) is 0 Å². The van der Waals surface area contributed by atoms with Gasteiger partial charge in [0.25, 0.3) is 0 Å². The molecule has 0 aromatic carbocycles. The van der Waals surface area contributed by atoms with Crippen molar-refractivity contribution in [3.05, 3.63) is 18.1 Å². The number of nitrogens with zero attached hydrogens (tertiary/aromatic N) is 4. The van der Waals surface area contributed by atoms with Crippen LogP contribution in [0.4, 0.5) is 5.82 Å². The number of anilines is 1. The highest BCUT2D eigenvalue weighted by molar-refractivity contribution is 5.87. The van der Waals surface area contributed by atoms with Gasteiger partial charge in [-0.2, -0.15) is 0 Å². The predicted octanol–water partition coefficient (Wildman–Crippen LogP) is -0.232. The van der Waals surface area contributed by atoms with Crippen molar-refractivity contribution in [3.8, 4) is 0 Å². The van der Waals surface area contributed by atoms with Crippen LogP contribution in [0.25, 0.3) is 0 Å². The first-order valence-corrected chi connectivity index (χ1v) is 6.73. The molecule has 7 nitrogen and oxygen atoms in total. The molecule has 1 aliphatic rings. The van der Waals surface area contributed by atoms with Crippen LogP contribution in [0, 0.1) is 0 Å². The molecule has 0 bridgehead atoms. The summed E-state index contributed by atoms with van der Waals surface area (Å²) in [5.74, 6) is 0.217. The highest BCUT2D eigenvalue weighted by Gasteiger charge is 2.17. The van der Waals surface area contributed by atoms with Crippen molar-refractivity contribution in [2.24, 2.45) is 0 Å². The molecule has 7 heteroatoms. The Morgan fingerprint density at radius 1 is 1.35 bits per heavy atom. The van der Waals surface area contributed by atoms with Crippen molar-refractivity contribution in [2.45, 2.75) is 6.42 Å². The quantitative estimate of drug-likeness (QED) is 0.763. The van der Waals surface area contributed by atoms with Crippen molar-refractivity contribution < 1.29 is 14.6 Å². The monoisotopic (exact) mass is 280 g/mol. The summed E-state index contributed by atoms with van der Waals surface area (Å²) in [7, 11) is 1.33. The SMILES string of the molecule is COC(=O)c1cncc(N2CCCN(CCO)CC2)n1. The molecule has 1 fully saturated rings. The zero-order valence-electron chi connectivity index (χ0n) is 11.7. The third-order valence-electron chi connectivity index (χ3n) is 3.35. The summed E-state index contributed by atoms with van der Waals surface area (Å²) in [6.45, 7) is 4.37. The predicted molar refractivity (Wildman–Crippen MR) is 73.7 cm³/mol. The first kappa shape index (κ1) is 14.7. The Labute approximate surface area is 118 Å². The lowest BCUT2D eigenvalue weighted by Gasteiger charge is -2.22. The molecule has 1 saturated heterocycles. The summed E-state index contributed by atoms with van der Waals surface area (Å²) in [6.07, 6.45) is 4.06. The van der Waals surface area contributed by atoms with Gasteiger partial charge in [0.15, 0.2) is 5.69 Å². The van der Waals surface area contributed by atoms with Crippen molar-refractivity contribution in [1.82, 2.24) is 14.9 Å². The maximum Gasteiger partial charge on any atom is 0.358 e. The molecule has 2 rings (SSSR count). The number of aliphatic hydroxyl groups is 1.